The van der Waals surface area contributed by atoms with Crippen LogP contribution in [0.2, 0.25) is 0 Å². The average Bonchev–Trinajstić information content (AvgIpc) is 2.99. The standard InChI is InChI=1S/C24H17ClN2O4/c25-20-21(23(29)27(22(20)28)15-16-7-3-1-4-8-16)26-18-13-11-17(12-14-18)24(30)31-19-9-5-2-6-10-19/h1-14,26H,15H2. The first kappa shape index (κ1) is 20.4. The minimum absolute atomic E-state index is 0.00205. The van der Waals surface area contributed by atoms with Gasteiger partial charge in [0.15, 0.2) is 0 Å². The summed E-state index contributed by atoms with van der Waals surface area (Å²) in [5.41, 5.74) is 1.67. The van der Waals surface area contributed by atoms with Crippen molar-refractivity contribution in [3.05, 3.63) is 107 Å². The zero-order valence-electron chi connectivity index (χ0n) is 16.2. The molecule has 0 spiro atoms. The number of benzene rings is 3. The van der Waals surface area contributed by atoms with E-state index in [2.05, 4.69) is 5.32 Å². The maximum Gasteiger partial charge on any atom is 0.343 e. The molecule has 0 unspecified atom stereocenters. The number of carbonyl (C=O) groups is 3. The normalized spacial score (nSPS) is 13.5. The second kappa shape index (κ2) is 8.85. The lowest BCUT2D eigenvalue weighted by Crippen LogP contribution is -2.31. The van der Waals surface area contributed by atoms with E-state index in [1.807, 2.05) is 36.4 Å². The number of ether oxygens (including phenoxy) is 1. The van der Waals surface area contributed by atoms with Gasteiger partial charge in [0.05, 0.1) is 12.1 Å². The summed E-state index contributed by atoms with van der Waals surface area (Å²) in [6, 6.07) is 24.3. The smallest absolute Gasteiger partial charge is 0.343 e. The number of esters is 1. The number of halogens is 1. The summed E-state index contributed by atoms with van der Waals surface area (Å²) in [6.07, 6.45) is 0. The van der Waals surface area contributed by atoms with E-state index in [0.29, 0.717) is 17.0 Å². The lowest BCUT2D eigenvalue weighted by Gasteiger charge is -2.15. The first-order valence-corrected chi connectivity index (χ1v) is 9.85. The van der Waals surface area contributed by atoms with Crippen LogP contribution in [0, 0.1) is 0 Å². The summed E-state index contributed by atoms with van der Waals surface area (Å²) < 4.78 is 5.30. The highest BCUT2D eigenvalue weighted by Crippen LogP contribution is 2.27. The third-order valence-corrected chi connectivity index (χ3v) is 4.99. The Bertz CT molecular complexity index is 1160. The summed E-state index contributed by atoms with van der Waals surface area (Å²) in [5, 5.41) is 2.71. The van der Waals surface area contributed by atoms with Crippen molar-refractivity contribution in [2.75, 3.05) is 5.32 Å². The molecule has 3 aromatic rings. The van der Waals surface area contributed by atoms with Crippen molar-refractivity contribution in [3.8, 4) is 5.75 Å². The molecule has 0 fully saturated rings. The summed E-state index contributed by atoms with van der Waals surface area (Å²) in [6.45, 7) is 0.129. The molecule has 6 nitrogen and oxygen atoms in total. The molecule has 3 aromatic carbocycles. The van der Waals surface area contributed by atoms with Crippen LogP contribution in [-0.4, -0.2) is 22.7 Å². The van der Waals surface area contributed by atoms with Crippen LogP contribution in [0.4, 0.5) is 5.69 Å². The largest absolute Gasteiger partial charge is 0.423 e. The topological polar surface area (TPSA) is 75.7 Å². The van der Waals surface area contributed by atoms with E-state index in [9.17, 15) is 14.4 Å². The molecular formula is C24H17ClN2O4. The Morgan fingerprint density at radius 2 is 1.45 bits per heavy atom. The molecule has 0 saturated heterocycles. The molecule has 1 heterocycles. The Balaban J connectivity index is 1.44. The number of anilines is 1. The Morgan fingerprint density at radius 1 is 0.839 bits per heavy atom. The number of amides is 2. The number of carbonyl (C=O) groups excluding carboxylic acids is 3. The van der Waals surface area contributed by atoms with Crippen LogP contribution in [0.5, 0.6) is 5.75 Å². The molecule has 0 aliphatic carbocycles. The van der Waals surface area contributed by atoms with Crippen molar-refractivity contribution in [1.82, 2.24) is 4.90 Å². The summed E-state index contributed by atoms with van der Waals surface area (Å²) in [7, 11) is 0. The van der Waals surface area contributed by atoms with Crippen molar-refractivity contribution in [2.45, 2.75) is 6.54 Å². The number of nitrogens with zero attached hydrogens (tertiary/aromatic N) is 1. The number of nitrogens with one attached hydrogen (secondary N) is 1. The third kappa shape index (κ3) is 4.49. The summed E-state index contributed by atoms with van der Waals surface area (Å²) in [5.74, 6) is -1.12. The monoisotopic (exact) mass is 432 g/mol. The summed E-state index contributed by atoms with van der Waals surface area (Å²) in [4.78, 5) is 38.5. The number of imide groups is 1. The van der Waals surface area contributed by atoms with E-state index in [1.54, 1.807) is 48.5 Å². The van der Waals surface area contributed by atoms with Crippen molar-refractivity contribution < 1.29 is 19.1 Å². The molecule has 0 radical (unpaired) electrons. The lowest BCUT2D eigenvalue weighted by molar-refractivity contribution is -0.138. The third-order valence-electron chi connectivity index (χ3n) is 4.64. The van der Waals surface area contributed by atoms with Gasteiger partial charge >= 0.3 is 5.97 Å². The Kier molecular flexibility index (Phi) is 5.82. The molecule has 4 rings (SSSR count). The Labute approximate surface area is 183 Å². The minimum atomic E-state index is -0.555. The van der Waals surface area contributed by atoms with Gasteiger partial charge in [0.25, 0.3) is 11.8 Å². The van der Waals surface area contributed by atoms with Gasteiger partial charge in [0.1, 0.15) is 16.5 Å². The SMILES string of the molecule is O=C(Oc1ccccc1)c1ccc(NC2=C(Cl)C(=O)N(Cc3ccccc3)C2=O)cc1. The van der Waals surface area contributed by atoms with Crippen LogP contribution in [-0.2, 0) is 16.1 Å². The van der Waals surface area contributed by atoms with Crippen molar-refractivity contribution in [1.29, 1.82) is 0 Å². The van der Waals surface area contributed by atoms with Crippen molar-refractivity contribution in [2.24, 2.45) is 0 Å². The predicted octanol–water partition coefficient (Wildman–Crippen LogP) is 4.34. The second-order valence-electron chi connectivity index (χ2n) is 6.78. The number of rotatable bonds is 6. The molecular weight excluding hydrogens is 416 g/mol. The second-order valence-corrected chi connectivity index (χ2v) is 7.15. The van der Waals surface area contributed by atoms with Crippen LogP contribution in [0.1, 0.15) is 15.9 Å². The van der Waals surface area contributed by atoms with Gasteiger partial charge in [-0.2, -0.15) is 0 Å². The maximum absolute atomic E-state index is 12.7. The maximum atomic E-state index is 12.7. The quantitative estimate of drug-likeness (QED) is 0.356. The molecule has 0 saturated carbocycles. The molecule has 2 amide bonds. The van der Waals surface area contributed by atoms with Gasteiger partial charge in [0.2, 0.25) is 0 Å². The lowest BCUT2D eigenvalue weighted by atomic mass is 10.2. The van der Waals surface area contributed by atoms with E-state index in [-0.39, 0.29) is 17.3 Å². The highest BCUT2D eigenvalue weighted by atomic mass is 35.5. The predicted molar refractivity (Wildman–Crippen MR) is 116 cm³/mol. The van der Waals surface area contributed by atoms with E-state index < -0.39 is 17.8 Å². The number of para-hydroxylation sites is 1. The van der Waals surface area contributed by atoms with Gasteiger partial charge < -0.3 is 10.1 Å². The van der Waals surface area contributed by atoms with Crippen LogP contribution >= 0.6 is 11.6 Å². The molecule has 0 bridgehead atoms. The Morgan fingerprint density at radius 3 is 2.10 bits per heavy atom. The minimum Gasteiger partial charge on any atom is -0.423 e. The van der Waals surface area contributed by atoms with Crippen molar-refractivity contribution >= 4 is 35.1 Å². The first-order valence-electron chi connectivity index (χ1n) is 9.47. The fourth-order valence-corrected chi connectivity index (χ4v) is 3.28. The molecule has 154 valence electrons. The Hall–Kier alpha value is -3.90. The van der Waals surface area contributed by atoms with Gasteiger partial charge in [-0.25, -0.2) is 4.79 Å². The van der Waals surface area contributed by atoms with Gasteiger partial charge in [-0.15, -0.1) is 0 Å². The zero-order valence-corrected chi connectivity index (χ0v) is 17.0. The molecule has 0 aromatic heterocycles. The molecule has 0 atom stereocenters. The van der Waals surface area contributed by atoms with Gasteiger partial charge in [-0.1, -0.05) is 60.1 Å². The van der Waals surface area contributed by atoms with Gasteiger partial charge in [-0.3, -0.25) is 14.5 Å². The molecule has 1 aliphatic heterocycles. The van der Waals surface area contributed by atoms with E-state index in [1.165, 1.54) is 0 Å². The molecule has 1 N–H and O–H groups in total. The van der Waals surface area contributed by atoms with E-state index in [4.69, 9.17) is 16.3 Å². The van der Waals surface area contributed by atoms with E-state index in [0.717, 1.165) is 10.5 Å². The fourth-order valence-electron chi connectivity index (χ4n) is 3.05. The number of hydrogen-bond donors (Lipinski definition) is 1. The van der Waals surface area contributed by atoms with Crippen LogP contribution < -0.4 is 10.1 Å². The average molecular weight is 433 g/mol. The van der Waals surface area contributed by atoms with Crippen LogP contribution in [0.25, 0.3) is 0 Å². The highest BCUT2D eigenvalue weighted by molar-refractivity contribution is 6.48. The highest BCUT2D eigenvalue weighted by Gasteiger charge is 2.37. The summed E-state index contributed by atoms with van der Waals surface area (Å²) >= 11 is 6.14. The van der Waals surface area contributed by atoms with Crippen LogP contribution in [0.15, 0.2) is 95.7 Å². The van der Waals surface area contributed by atoms with Crippen LogP contribution in [0.3, 0.4) is 0 Å². The zero-order chi connectivity index (χ0) is 21.8. The molecule has 31 heavy (non-hydrogen) atoms. The van der Waals surface area contributed by atoms with Gasteiger partial charge in [0, 0.05) is 5.69 Å². The number of hydrogen-bond acceptors (Lipinski definition) is 5. The molecule has 7 heteroatoms. The fraction of sp³-hybridized carbons (Fsp3) is 0.0417. The first-order chi connectivity index (χ1) is 15.0. The van der Waals surface area contributed by atoms with Gasteiger partial charge in [-0.05, 0) is 42.0 Å². The molecule has 1 aliphatic rings. The van der Waals surface area contributed by atoms with Crippen molar-refractivity contribution in [3.63, 3.8) is 0 Å². The van der Waals surface area contributed by atoms with E-state index >= 15 is 0 Å².